The molecule has 0 aromatic heterocycles. The van der Waals surface area contributed by atoms with Crippen LogP contribution in [0.5, 0.6) is 0 Å². The summed E-state index contributed by atoms with van der Waals surface area (Å²) in [4.78, 5) is 0. The molecular formula is C27H30OSi2. The zero-order valence-corrected chi connectivity index (χ0v) is 20.5. The molecule has 0 radical (unpaired) electrons. The second kappa shape index (κ2) is 6.40. The normalized spacial score (nSPS) is 22.4. The lowest BCUT2D eigenvalue weighted by Gasteiger charge is -2.57. The van der Waals surface area contributed by atoms with Crippen LogP contribution in [0.2, 0.25) is 32.2 Å². The van der Waals surface area contributed by atoms with E-state index in [2.05, 4.69) is 87.9 Å². The molecule has 1 nitrogen and oxygen atoms in total. The van der Waals surface area contributed by atoms with Crippen LogP contribution in [0.4, 0.5) is 0 Å². The smallest absolute Gasteiger partial charge is 0.175 e. The van der Waals surface area contributed by atoms with Gasteiger partial charge in [0.05, 0.1) is 7.59 Å². The van der Waals surface area contributed by atoms with Crippen molar-refractivity contribution >= 4 is 37.7 Å². The molecule has 2 aromatic carbocycles. The predicted octanol–water partition coefficient (Wildman–Crippen LogP) is 7.36. The Bertz CT molecular complexity index is 1090. The van der Waals surface area contributed by atoms with Crippen molar-refractivity contribution in [3.8, 4) is 0 Å². The first-order chi connectivity index (χ1) is 14.3. The molecule has 30 heavy (non-hydrogen) atoms. The van der Waals surface area contributed by atoms with Crippen LogP contribution in [-0.4, -0.2) is 21.0 Å². The molecular weight excluding hydrogens is 396 g/mol. The molecule has 2 aromatic rings. The van der Waals surface area contributed by atoms with E-state index in [0.717, 1.165) is 6.42 Å². The van der Waals surface area contributed by atoms with Gasteiger partial charge in [0.25, 0.3) is 0 Å². The summed E-state index contributed by atoms with van der Waals surface area (Å²) in [6, 6.07) is 18.8. The Balaban J connectivity index is 1.79. The molecule has 5 rings (SSSR count). The topological polar surface area (TPSA) is 9.23 Å². The average Bonchev–Trinajstić information content (AvgIpc) is 2.68. The SMILES string of the molecule is C=CC1=C(C2(C3=C(C=C)c4ccccc43)CC[Si](C)(C)[Si](C)(C)O2)c2ccccc21. The van der Waals surface area contributed by atoms with Crippen molar-refractivity contribution < 1.29 is 4.43 Å². The van der Waals surface area contributed by atoms with E-state index in [1.54, 1.807) is 0 Å². The lowest BCUT2D eigenvalue weighted by atomic mass is 9.62. The van der Waals surface area contributed by atoms with E-state index in [4.69, 9.17) is 4.43 Å². The van der Waals surface area contributed by atoms with Gasteiger partial charge >= 0.3 is 0 Å². The van der Waals surface area contributed by atoms with E-state index in [-0.39, 0.29) is 0 Å². The van der Waals surface area contributed by atoms with Crippen molar-refractivity contribution in [2.24, 2.45) is 0 Å². The van der Waals surface area contributed by atoms with Gasteiger partial charge in [-0.2, -0.15) is 0 Å². The fourth-order valence-electron chi connectivity index (χ4n) is 5.49. The van der Waals surface area contributed by atoms with E-state index < -0.39 is 21.0 Å². The molecule has 3 heteroatoms. The molecule has 1 aliphatic heterocycles. The molecule has 0 bridgehead atoms. The highest BCUT2D eigenvalue weighted by Gasteiger charge is 2.59. The average molecular weight is 427 g/mol. The van der Waals surface area contributed by atoms with Crippen molar-refractivity contribution in [1.29, 1.82) is 0 Å². The Morgan fingerprint density at radius 1 is 0.767 bits per heavy atom. The summed E-state index contributed by atoms with van der Waals surface area (Å²) in [7, 11) is -3.27. The van der Waals surface area contributed by atoms with Crippen molar-refractivity contribution in [2.75, 3.05) is 0 Å². The summed E-state index contributed by atoms with van der Waals surface area (Å²) in [5, 5.41) is 0. The highest BCUT2D eigenvalue weighted by atomic mass is 29.3. The fourth-order valence-corrected chi connectivity index (χ4v) is 12.1. The van der Waals surface area contributed by atoms with Crippen LogP contribution in [0.3, 0.4) is 0 Å². The lowest BCUT2D eigenvalue weighted by Crippen LogP contribution is -2.66. The summed E-state index contributed by atoms with van der Waals surface area (Å²) >= 11 is 0. The molecule has 0 saturated carbocycles. The quantitative estimate of drug-likeness (QED) is 0.464. The number of benzene rings is 2. The number of hydrogen-bond donors (Lipinski definition) is 0. The van der Waals surface area contributed by atoms with Crippen LogP contribution >= 0.6 is 0 Å². The standard InChI is InChI=1S/C27H30OSi2/c1-7-19-21-13-9-11-15-23(21)25(19)27(17-18-29(3,4)30(5,6)28-27)26-20(8-2)22-14-10-12-16-24(22)26/h7-16H,1-2,17-18H2,3-6H3. The Morgan fingerprint density at radius 3 is 1.60 bits per heavy atom. The molecule has 1 fully saturated rings. The van der Waals surface area contributed by atoms with E-state index in [9.17, 15) is 0 Å². The summed E-state index contributed by atoms with van der Waals surface area (Å²) in [6.07, 6.45) is 5.12. The number of rotatable bonds is 4. The molecule has 0 spiro atoms. The second-order valence-electron chi connectivity index (χ2n) is 9.90. The first kappa shape index (κ1) is 19.7. The maximum absolute atomic E-state index is 7.45. The maximum atomic E-state index is 7.45. The van der Waals surface area contributed by atoms with Gasteiger partial charge in [-0.15, -0.1) is 0 Å². The summed E-state index contributed by atoms with van der Waals surface area (Å²) in [6.45, 7) is 18.3. The van der Waals surface area contributed by atoms with Gasteiger partial charge in [-0.3, -0.25) is 0 Å². The predicted molar refractivity (Wildman–Crippen MR) is 135 cm³/mol. The van der Waals surface area contributed by atoms with Gasteiger partial charge in [-0.1, -0.05) is 93.0 Å². The maximum Gasteiger partial charge on any atom is 0.175 e. The molecule has 3 aliphatic rings. The Morgan fingerprint density at radius 2 is 1.20 bits per heavy atom. The molecule has 0 N–H and O–H groups in total. The van der Waals surface area contributed by atoms with Crippen LogP contribution in [0.25, 0.3) is 22.3 Å². The Hall–Kier alpha value is -2.21. The van der Waals surface area contributed by atoms with Crippen LogP contribution in [0.1, 0.15) is 28.7 Å². The minimum Gasteiger partial charge on any atom is -0.406 e. The van der Waals surface area contributed by atoms with E-state index in [1.165, 1.54) is 50.6 Å². The zero-order valence-electron chi connectivity index (χ0n) is 18.5. The molecule has 1 heterocycles. The number of fused-ring (bicyclic) bond motifs is 2. The lowest BCUT2D eigenvalue weighted by molar-refractivity contribution is 0.174. The number of allylic oxidation sites excluding steroid dienone is 4. The third-order valence-corrected chi connectivity index (χ3v) is 24.3. The molecule has 2 aliphatic carbocycles. The van der Waals surface area contributed by atoms with Crippen LogP contribution in [0.15, 0.2) is 73.8 Å². The fraction of sp³-hybridized carbons (Fsp3) is 0.259. The third kappa shape index (κ3) is 2.37. The van der Waals surface area contributed by atoms with Gasteiger partial charge in [0.2, 0.25) is 0 Å². The summed E-state index contributed by atoms with van der Waals surface area (Å²) < 4.78 is 7.45. The largest absolute Gasteiger partial charge is 0.406 e. The minimum absolute atomic E-state index is 0.395. The molecule has 152 valence electrons. The molecule has 0 unspecified atom stereocenters. The van der Waals surface area contributed by atoms with Crippen LogP contribution in [0, 0.1) is 0 Å². The minimum atomic E-state index is -1.87. The summed E-state index contributed by atoms with van der Waals surface area (Å²) in [5.41, 5.74) is 10.1. The van der Waals surface area contributed by atoms with Crippen LogP contribution < -0.4 is 0 Å². The van der Waals surface area contributed by atoms with Crippen molar-refractivity contribution in [2.45, 2.75) is 44.3 Å². The van der Waals surface area contributed by atoms with Crippen molar-refractivity contribution in [3.63, 3.8) is 0 Å². The van der Waals surface area contributed by atoms with E-state index in [1.807, 2.05) is 12.2 Å². The van der Waals surface area contributed by atoms with Crippen molar-refractivity contribution in [1.82, 2.24) is 0 Å². The van der Waals surface area contributed by atoms with Gasteiger partial charge < -0.3 is 4.43 Å². The molecule has 1 saturated heterocycles. The van der Waals surface area contributed by atoms with Gasteiger partial charge in [0.15, 0.2) is 7.83 Å². The first-order valence-electron chi connectivity index (χ1n) is 10.9. The monoisotopic (exact) mass is 426 g/mol. The van der Waals surface area contributed by atoms with Gasteiger partial charge in [-0.05, 0) is 52.9 Å². The van der Waals surface area contributed by atoms with Gasteiger partial charge in [0.1, 0.15) is 5.60 Å². The highest BCUT2D eigenvalue weighted by Crippen LogP contribution is 2.62. The molecule has 0 amide bonds. The second-order valence-corrected chi connectivity index (χ2v) is 25.1. The number of hydrogen-bond acceptors (Lipinski definition) is 1. The molecule has 0 atom stereocenters. The van der Waals surface area contributed by atoms with E-state index in [0.29, 0.717) is 0 Å². The third-order valence-electron chi connectivity index (χ3n) is 7.89. The van der Waals surface area contributed by atoms with Gasteiger partial charge in [0, 0.05) is 11.1 Å². The first-order valence-corrected chi connectivity index (χ1v) is 18.0. The van der Waals surface area contributed by atoms with Crippen molar-refractivity contribution in [3.05, 3.63) is 96.1 Å². The summed E-state index contributed by atoms with van der Waals surface area (Å²) in [5.74, 6) is 0. The van der Waals surface area contributed by atoms with Crippen LogP contribution in [-0.2, 0) is 4.43 Å². The zero-order chi connectivity index (χ0) is 21.3. The highest BCUT2D eigenvalue weighted by molar-refractivity contribution is 7.38. The van der Waals surface area contributed by atoms with Gasteiger partial charge in [-0.25, -0.2) is 0 Å². The van der Waals surface area contributed by atoms with E-state index >= 15 is 0 Å². The Labute approximate surface area is 182 Å². The Kier molecular flexibility index (Phi) is 4.21.